The summed E-state index contributed by atoms with van der Waals surface area (Å²) >= 11 is 0. The van der Waals surface area contributed by atoms with Gasteiger partial charge in [-0.2, -0.15) is 0 Å². The van der Waals surface area contributed by atoms with E-state index in [1.54, 1.807) is 0 Å². The number of anilines is 2. The first kappa shape index (κ1) is 16.3. The maximum Gasteiger partial charge on any atom is 0.330 e. The Morgan fingerprint density at radius 2 is 2.10 bits per heavy atom. The smallest absolute Gasteiger partial charge is 0.330 e. The first-order chi connectivity index (χ1) is 9.61. The van der Waals surface area contributed by atoms with E-state index < -0.39 is 11.2 Å². The van der Waals surface area contributed by atoms with Gasteiger partial charge in [0.05, 0.1) is 13.2 Å². The molecule has 8 heteroatoms. The summed E-state index contributed by atoms with van der Waals surface area (Å²) in [4.78, 5) is 25.6. The van der Waals surface area contributed by atoms with Crippen LogP contribution in [0.1, 0.15) is 13.3 Å². The largest absolute Gasteiger partial charge is 0.383 e. The molecule has 1 aromatic heterocycles. The molecule has 4 N–H and O–H groups in total. The van der Waals surface area contributed by atoms with E-state index in [4.69, 9.17) is 15.2 Å². The summed E-state index contributed by atoms with van der Waals surface area (Å²) in [5.74, 6) is 0.118. The fourth-order valence-electron chi connectivity index (χ4n) is 1.70. The Morgan fingerprint density at radius 3 is 2.75 bits per heavy atom. The van der Waals surface area contributed by atoms with Crippen LogP contribution in [0.25, 0.3) is 0 Å². The van der Waals surface area contributed by atoms with E-state index in [9.17, 15) is 9.59 Å². The van der Waals surface area contributed by atoms with Gasteiger partial charge >= 0.3 is 5.69 Å². The number of aromatic amines is 1. The second kappa shape index (κ2) is 8.39. The van der Waals surface area contributed by atoms with Gasteiger partial charge in [-0.3, -0.25) is 14.3 Å². The highest BCUT2D eigenvalue weighted by molar-refractivity contribution is 5.60. The second-order valence-electron chi connectivity index (χ2n) is 4.14. The van der Waals surface area contributed by atoms with Crippen molar-refractivity contribution in [2.75, 3.05) is 44.5 Å². The third kappa shape index (κ3) is 4.39. The maximum absolute atomic E-state index is 11.7. The van der Waals surface area contributed by atoms with Crippen molar-refractivity contribution in [1.82, 2.24) is 9.55 Å². The number of H-pyrrole nitrogens is 1. The number of nitrogen functional groups attached to an aromatic ring is 1. The molecule has 1 heterocycles. The van der Waals surface area contributed by atoms with E-state index in [0.29, 0.717) is 26.4 Å². The minimum atomic E-state index is -0.538. The minimum absolute atomic E-state index is 0.118. The lowest BCUT2D eigenvalue weighted by Gasteiger charge is -2.13. The molecule has 0 aliphatic rings. The Morgan fingerprint density at radius 1 is 1.35 bits per heavy atom. The van der Waals surface area contributed by atoms with Gasteiger partial charge in [0, 0.05) is 26.9 Å². The molecule has 1 aromatic rings. The zero-order valence-electron chi connectivity index (χ0n) is 11.9. The van der Waals surface area contributed by atoms with Crippen molar-refractivity contribution in [2.24, 2.45) is 0 Å². The molecule has 0 atom stereocenters. The quantitative estimate of drug-likeness (QED) is 0.533. The van der Waals surface area contributed by atoms with Crippen LogP contribution in [0.2, 0.25) is 0 Å². The lowest BCUT2D eigenvalue weighted by molar-refractivity contribution is 0.147. The molecule has 0 spiro atoms. The Hall–Kier alpha value is -1.80. The molecule has 0 aliphatic carbocycles. The summed E-state index contributed by atoms with van der Waals surface area (Å²) in [6.07, 6.45) is 0.740. The molecule has 0 unspecified atom stereocenters. The zero-order valence-corrected chi connectivity index (χ0v) is 11.9. The van der Waals surface area contributed by atoms with Crippen LogP contribution in [0.4, 0.5) is 11.5 Å². The Balaban J connectivity index is 2.79. The number of nitrogens with two attached hydrogens (primary N) is 1. The molecule has 0 saturated heterocycles. The molecule has 20 heavy (non-hydrogen) atoms. The number of aromatic nitrogens is 2. The molecule has 1 rings (SSSR count). The van der Waals surface area contributed by atoms with Crippen LogP contribution >= 0.6 is 0 Å². The predicted octanol–water partition coefficient (Wildman–Crippen LogP) is -0.396. The van der Waals surface area contributed by atoms with Crippen molar-refractivity contribution >= 4 is 11.5 Å². The number of nitrogens with one attached hydrogen (secondary N) is 2. The lowest BCUT2D eigenvalue weighted by Crippen LogP contribution is -2.35. The van der Waals surface area contributed by atoms with Crippen LogP contribution in [0.3, 0.4) is 0 Å². The summed E-state index contributed by atoms with van der Waals surface area (Å²) < 4.78 is 11.4. The predicted molar refractivity (Wildman–Crippen MR) is 77.2 cm³/mol. The van der Waals surface area contributed by atoms with Crippen LogP contribution in [0.15, 0.2) is 9.59 Å². The van der Waals surface area contributed by atoms with E-state index in [-0.39, 0.29) is 18.1 Å². The number of hydrogen-bond acceptors (Lipinski definition) is 6. The van der Waals surface area contributed by atoms with Crippen LogP contribution in [0.5, 0.6) is 0 Å². The van der Waals surface area contributed by atoms with Crippen molar-refractivity contribution in [3.05, 3.63) is 20.8 Å². The SMILES string of the molecule is CCOCCCNc1c(N)n(CCOC)c(=O)[nH]c1=O. The summed E-state index contributed by atoms with van der Waals surface area (Å²) in [5.41, 5.74) is 5.01. The zero-order chi connectivity index (χ0) is 15.0. The van der Waals surface area contributed by atoms with Gasteiger partial charge in [-0.1, -0.05) is 0 Å². The lowest BCUT2D eigenvalue weighted by atomic mass is 10.4. The normalized spacial score (nSPS) is 10.7. The molecule has 0 fully saturated rings. The highest BCUT2D eigenvalue weighted by atomic mass is 16.5. The average molecular weight is 286 g/mol. The molecule has 0 saturated carbocycles. The van der Waals surface area contributed by atoms with Gasteiger partial charge in [-0.05, 0) is 13.3 Å². The van der Waals surface area contributed by atoms with Gasteiger partial charge in [-0.15, -0.1) is 0 Å². The molecule has 8 nitrogen and oxygen atoms in total. The minimum Gasteiger partial charge on any atom is -0.383 e. The van der Waals surface area contributed by atoms with E-state index in [1.807, 2.05) is 6.92 Å². The van der Waals surface area contributed by atoms with Crippen LogP contribution in [-0.4, -0.2) is 43.0 Å². The topological polar surface area (TPSA) is 111 Å². The number of methoxy groups -OCH3 is 1. The molecular formula is C12H22N4O4. The van der Waals surface area contributed by atoms with E-state index in [0.717, 1.165) is 6.42 Å². The van der Waals surface area contributed by atoms with Crippen molar-refractivity contribution in [3.8, 4) is 0 Å². The van der Waals surface area contributed by atoms with Crippen LogP contribution < -0.4 is 22.3 Å². The van der Waals surface area contributed by atoms with Crippen molar-refractivity contribution < 1.29 is 9.47 Å². The molecule has 0 bridgehead atoms. The van der Waals surface area contributed by atoms with E-state index in [2.05, 4.69) is 10.3 Å². The van der Waals surface area contributed by atoms with Gasteiger partial charge < -0.3 is 20.5 Å². The molecule has 0 amide bonds. The molecule has 0 aliphatic heterocycles. The third-order valence-corrected chi connectivity index (χ3v) is 2.73. The Bertz CT molecular complexity index is 523. The second-order valence-corrected chi connectivity index (χ2v) is 4.14. The summed E-state index contributed by atoms with van der Waals surface area (Å²) in [7, 11) is 1.53. The highest BCUT2D eigenvalue weighted by Gasteiger charge is 2.11. The van der Waals surface area contributed by atoms with Gasteiger partial charge in [-0.25, -0.2) is 4.79 Å². The number of hydrogen-bond donors (Lipinski definition) is 3. The summed E-state index contributed by atoms with van der Waals surface area (Å²) in [6.45, 7) is 4.33. The first-order valence-corrected chi connectivity index (χ1v) is 6.55. The summed E-state index contributed by atoms with van der Waals surface area (Å²) in [5, 5.41) is 2.93. The monoisotopic (exact) mass is 286 g/mol. The van der Waals surface area contributed by atoms with Gasteiger partial charge in [0.2, 0.25) is 0 Å². The number of ether oxygens (including phenoxy) is 2. The molecule has 0 radical (unpaired) electrons. The van der Waals surface area contributed by atoms with Crippen LogP contribution in [-0.2, 0) is 16.0 Å². The highest BCUT2D eigenvalue weighted by Crippen LogP contribution is 2.09. The number of nitrogens with zero attached hydrogens (tertiary/aromatic N) is 1. The van der Waals surface area contributed by atoms with E-state index >= 15 is 0 Å². The summed E-state index contributed by atoms with van der Waals surface area (Å²) in [6, 6.07) is 0. The van der Waals surface area contributed by atoms with Gasteiger partial charge in [0.25, 0.3) is 5.56 Å². The number of rotatable bonds is 9. The van der Waals surface area contributed by atoms with Crippen LogP contribution in [0, 0.1) is 0 Å². The maximum atomic E-state index is 11.7. The standard InChI is InChI=1S/C12H22N4O4/c1-3-20-7-4-5-14-9-10(13)16(6-8-19-2)12(18)15-11(9)17/h14H,3-8,13H2,1-2H3,(H,15,17,18). The van der Waals surface area contributed by atoms with Crippen molar-refractivity contribution in [2.45, 2.75) is 19.9 Å². The Labute approximate surface area is 116 Å². The van der Waals surface area contributed by atoms with Gasteiger partial charge in [0.15, 0.2) is 0 Å². The molecule has 114 valence electrons. The fraction of sp³-hybridized carbons (Fsp3) is 0.667. The van der Waals surface area contributed by atoms with E-state index in [1.165, 1.54) is 11.7 Å². The van der Waals surface area contributed by atoms with Crippen molar-refractivity contribution in [3.63, 3.8) is 0 Å². The third-order valence-electron chi connectivity index (χ3n) is 2.73. The molecule has 0 aromatic carbocycles. The van der Waals surface area contributed by atoms with Gasteiger partial charge in [0.1, 0.15) is 11.5 Å². The molecular weight excluding hydrogens is 264 g/mol. The first-order valence-electron chi connectivity index (χ1n) is 6.55. The average Bonchev–Trinajstić information content (AvgIpc) is 2.41. The Kier molecular flexibility index (Phi) is 6.82. The fourth-order valence-corrected chi connectivity index (χ4v) is 1.70. The van der Waals surface area contributed by atoms with Crippen molar-refractivity contribution in [1.29, 1.82) is 0 Å².